The molecular weight excluding hydrogens is 424 g/mol. The molecule has 136 valence electrons. The summed E-state index contributed by atoms with van der Waals surface area (Å²) in [6.45, 7) is 0. The molecule has 0 N–H and O–H groups in total. The Bertz CT molecular complexity index is 970. The highest BCUT2D eigenvalue weighted by Crippen LogP contribution is 2.38. The molecule has 1 heterocycles. The second-order valence-electron chi connectivity index (χ2n) is 6.37. The summed E-state index contributed by atoms with van der Waals surface area (Å²) in [5.74, 6) is 0.843. The molecule has 0 fully saturated rings. The average Bonchev–Trinajstić information content (AvgIpc) is 3.14. The molecule has 1 atom stereocenters. The fraction of sp³-hybridized carbons (Fsp3) is 0.136. The van der Waals surface area contributed by atoms with Crippen molar-refractivity contribution >= 4 is 38.9 Å². The van der Waals surface area contributed by atoms with Crippen LogP contribution in [-0.4, -0.2) is 12.8 Å². The van der Waals surface area contributed by atoms with Crippen LogP contribution in [0.25, 0.3) is 0 Å². The molecule has 0 aromatic heterocycles. The van der Waals surface area contributed by atoms with Crippen LogP contribution in [0.4, 0.5) is 5.69 Å². The van der Waals surface area contributed by atoms with E-state index in [0.29, 0.717) is 0 Å². The third-order valence-corrected chi connectivity index (χ3v) is 5.41. The van der Waals surface area contributed by atoms with Gasteiger partial charge in [-0.3, -0.25) is 5.01 Å². The number of methoxy groups -OCH3 is 1. The molecule has 0 radical (unpaired) electrons. The van der Waals surface area contributed by atoms with Crippen LogP contribution in [-0.2, 0) is 0 Å². The normalized spacial score (nSPS) is 16.3. The SMILES string of the molecule is COc1ccc(C2=NN(c3cccc(Br)c3)C(c3ccc(Cl)cc3)C2)cc1. The van der Waals surface area contributed by atoms with Gasteiger partial charge in [0, 0.05) is 15.9 Å². The van der Waals surface area contributed by atoms with E-state index in [1.54, 1.807) is 7.11 Å². The van der Waals surface area contributed by atoms with Crippen molar-refractivity contribution in [2.24, 2.45) is 5.10 Å². The van der Waals surface area contributed by atoms with Gasteiger partial charge in [-0.05, 0) is 65.7 Å². The summed E-state index contributed by atoms with van der Waals surface area (Å²) in [6.07, 6.45) is 0.820. The van der Waals surface area contributed by atoms with Crippen molar-refractivity contribution < 1.29 is 4.74 Å². The van der Waals surface area contributed by atoms with Gasteiger partial charge in [0.25, 0.3) is 0 Å². The van der Waals surface area contributed by atoms with Crippen LogP contribution in [0.1, 0.15) is 23.6 Å². The molecule has 3 aromatic carbocycles. The molecule has 0 amide bonds. The number of rotatable bonds is 4. The van der Waals surface area contributed by atoms with Crippen molar-refractivity contribution in [3.8, 4) is 5.75 Å². The largest absolute Gasteiger partial charge is 0.497 e. The van der Waals surface area contributed by atoms with Gasteiger partial charge in [-0.25, -0.2) is 0 Å². The summed E-state index contributed by atoms with van der Waals surface area (Å²) in [5.41, 5.74) is 4.39. The van der Waals surface area contributed by atoms with Gasteiger partial charge in [0.2, 0.25) is 0 Å². The molecular formula is C22H18BrClN2O. The zero-order chi connectivity index (χ0) is 18.8. The fourth-order valence-electron chi connectivity index (χ4n) is 3.27. The highest BCUT2D eigenvalue weighted by atomic mass is 79.9. The lowest BCUT2D eigenvalue weighted by Gasteiger charge is -2.24. The molecule has 1 aliphatic heterocycles. The van der Waals surface area contributed by atoms with Crippen LogP contribution in [0.5, 0.6) is 5.75 Å². The first-order chi connectivity index (χ1) is 13.1. The first-order valence-corrected chi connectivity index (χ1v) is 9.83. The zero-order valence-electron chi connectivity index (χ0n) is 14.8. The molecule has 3 nitrogen and oxygen atoms in total. The van der Waals surface area contributed by atoms with Gasteiger partial charge in [0.15, 0.2) is 0 Å². The van der Waals surface area contributed by atoms with Gasteiger partial charge in [-0.2, -0.15) is 5.10 Å². The molecule has 0 bridgehead atoms. The van der Waals surface area contributed by atoms with Crippen molar-refractivity contribution in [2.75, 3.05) is 12.1 Å². The molecule has 1 aliphatic rings. The lowest BCUT2D eigenvalue weighted by atomic mass is 9.98. The lowest BCUT2D eigenvalue weighted by molar-refractivity contribution is 0.415. The molecule has 4 rings (SSSR count). The van der Waals surface area contributed by atoms with E-state index in [0.717, 1.165) is 38.6 Å². The number of hydrazone groups is 1. The summed E-state index contributed by atoms with van der Waals surface area (Å²) in [6, 6.07) is 24.4. The Morgan fingerprint density at radius 3 is 2.44 bits per heavy atom. The minimum Gasteiger partial charge on any atom is -0.497 e. The maximum Gasteiger partial charge on any atom is 0.118 e. The third-order valence-electron chi connectivity index (χ3n) is 4.66. The van der Waals surface area contributed by atoms with Crippen molar-refractivity contribution in [1.82, 2.24) is 0 Å². The van der Waals surface area contributed by atoms with E-state index < -0.39 is 0 Å². The van der Waals surface area contributed by atoms with Crippen LogP contribution >= 0.6 is 27.5 Å². The second kappa shape index (κ2) is 7.75. The Hall–Kier alpha value is -2.30. The van der Waals surface area contributed by atoms with Gasteiger partial charge in [0.1, 0.15) is 5.75 Å². The van der Waals surface area contributed by atoms with E-state index in [1.807, 2.05) is 36.4 Å². The smallest absolute Gasteiger partial charge is 0.118 e. The number of benzene rings is 3. The van der Waals surface area contributed by atoms with E-state index in [4.69, 9.17) is 21.4 Å². The molecule has 3 aromatic rings. The third kappa shape index (κ3) is 3.87. The zero-order valence-corrected chi connectivity index (χ0v) is 17.1. The summed E-state index contributed by atoms with van der Waals surface area (Å²) >= 11 is 9.65. The van der Waals surface area contributed by atoms with Crippen molar-refractivity contribution in [2.45, 2.75) is 12.5 Å². The van der Waals surface area contributed by atoms with Gasteiger partial charge in [-0.1, -0.05) is 45.7 Å². The van der Waals surface area contributed by atoms with Gasteiger partial charge in [0.05, 0.1) is 24.6 Å². The van der Waals surface area contributed by atoms with E-state index in [9.17, 15) is 0 Å². The quantitative estimate of drug-likeness (QED) is 0.464. The number of ether oxygens (including phenoxy) is 1. The highest BCUT2D eigenvalue weighted by molar-refractivity contribution is 9.10. The van der Waals surface area contributed by atoms with Crippen molar-refractivity contribution in [1.29, 1.82) is 0 Å². The number of hydrogen-bond donors (Lipinski definition) is 0. The Morgan fingerprint density at radius 2 is 1.78 bits per heavy atom. The predicted octanol–water partition coefficient (Wildman–Crippen LogP) is 6.47. The fourth-order valence-corrected chi connectivity index (χ4v) is 3.78. The topological polar surface area (TPSA) is 24.8 Å². The number of nitrogens with zero attached hydrogens (tertiary/aromatic N) is 2. The summed E-state index contributed by atoms with van der Waals surface area (Å²) < 4.78 is 6.30. The van der Waals surface area contributed by atoms with Crippen LogP contribution in [0.15, 0.2) is 82.4 Å². The molecule has 5 heteroatoms. The van der Waals surface area contributed by atoms with E-state index in [2.05, 4.69) is 57.3 Å². The Balaban J connectivity index is 1.73. The Morgan fingerprint density at radius 1 is 1.04 bits per heavy atom. The van der Waals surface area contributed by atoms with E-state index in [-0.39, 0.29) is 6.04 Å². The van der Waals surface area contributed by atoms with Gasteiger partial charge < -0.3 is 4.74 Å². The van der Waals surface area contributed by atoms with Crippen LogP contribution in [0.3, 0.4) is 0 Å². The number of anilines is 1. The summed E-state index contributed by atoms with van der Waals surface area (Å²) in [4.78, 5) is 0. The van der Waals surface area contributed by atoms with Gasteiger partial charge in [-0.15, -0.1) is 0 Å². The van der Waals surface area contributed by atoms with Gasteiger partial charge >= 0.3 is 0 Å². The molecule has 0 saturated heterocycles. The second-order valence-corrected chi connectivity index (χ2v) is 7.72. The molecule has 0 saturated carbocycles. The molecule has 1 unspecified atom stereocenters. The van der Waals surface area contributed by atoms with E-state index in [1.165, 1.54) is 5.56 Å². The lowest BCUT2D eigenvalue weighted by Crippen LogP contribution is -2.18. The Kier molecular flexibility index (Phi) is 5.19. The maximum absolute atomic E-state index is 6.09. The first kappa shape index (κ1) is 18.1. The summed E-state index contributed by atoms with van der Waals surface area (Å²) in [7, 11) is 1.67. The maximum atomic E-state index is 6.09. The minimum absolute atomic E-state index is 0.119. The molecule has 0 spiro atoms. The Labute approximate surface area is 172 Å². The molecule has 0 aliphatic carbocycles. The van der Waals surface area contributed by atoms with Crippen LogP contribution < -0.4 is 9.75 Å². The molecule has 27 heavy (non-hydrogen) atoms. The standard InChI is InChI=1S/C22H18BrClN2O/c1-27-20-11-7-15(8-12-20)21-14-22(16-5-9-18(24)10-6-16)26(25-21)19-4-2-3-17(23)13-19/h2-13,22H,14H2,1H3. The van der Waals surface area contributed by atoms with Crippen LogP contribution in [0, 0.1) is 0 Å². The predicted molar refractivity (Wildman–Crippen MR) is 115 cm³/mol. The number of hydrogen-bond acceptors (Lipinski definition) is 3. The monoisotopic (exact) mass is 440 g/mol. The number of halogens is 2. The first-order valence-electron chi connectivity index (χ1n) is 8.66. The van der Waals surface area contributed by atoms with E-state index >= 15 is 0 Å². The van der Waals surface area contributed by atoms with Crippen molar-refractivity contribution in [3.05, 3.63) is 93.4 Å². The minimum atomic E-state index is 0.119. The van der Waals surface area contributed by atoms with Crippen LogP contribution in [0.2, 0.25) is 5.02 Å². The summed E-state index contributed by atoms with van der Waals surface area (Å²) in [5, 5.41) is 7.79. The average molecular weight is 442 g/mol. The highest BCUT2D eigenvalue weighted by Gasteiger charge is 2.30. The van der Waals surface area contributed by atoms with Crippen molar-refractivity contribution in [3.63, 3.8) is 0 Å².